The molecule has 7 heteroatoms. The first-order chi connectivity index (χ1) is 10.9. The lowest BCUT2D eigenvalue weighted by Gasteiger charge is -2.11. The van der Waals surface area contributed by atoms with Crippen molar-refractivity contribution < 1.29 is 4.79 Å². The van der Waals surface area contributed by atoms with Crippen LogP contribution < -0.4 is 10.6 Å². The molecule has 2 aromatic rings. The zero-order valence-electron chi connectivity index (χ0n) is 13.8. The summed E-state index contributed by atoms with van der Waals surface area (Å²) in [7, 11) is 0. The van der Waals surface area contributed by atoms with Crippen molar-refractivity contribution in [1.82, 2.24) is 15.5 Å². The summed E-state index contributed by atoms with van der Waals surface area (Å²) in [6.45, 7) is 8.78. The van der Waals surface area contributed by atoms with Gasteiger partial charge >= 0.3 is 0 Å². The fraction of sp³-hybridized carbons (Fsp3) is 0.438. The van der Waals surface area contributed by atoms with Gasteiger partial charge in [0.15, 0.2) is 4.34 Å². The monoisotopic (exact) mass is 350 g/mol. The van der Waals surface area contributed by atoms with Crippen LogP contribution in [0.1, 0.15) is 26.3 Å². The molecule has 0 aliphatic rings. The van der Waals surface area contributed by atoms with Crippen LogP contribution in [0.5, 0.6) is 0 Å². The van der Waals surface area contributed by atoms with Crippen molar-refractivity contribution in [1.29, 1.82) is 0 Å². The summed E-state index contributed by atoms with van der Waals surface area (Å²) in [5, 5.41) is 15.0. The zero-order chi connectivity index (χ0) is 16.8. The summed E-state index contributed by atoms with van der Waals surface area (Å²) in [5.41, 5.74) is 2.17. The molecule has 0 unspecified atom stereocenters. The lowest BCUT2D eigenvalue weighted by atomic mass is 10.2. The van der Waals surface area contributed by atoms with E-state index in [1.54, 1.807) is 0 Å². The maximum atomic E-state index is 12.0. The molecule has 0 saturated heterocycles. The predicted molar refractivity (Wildman–Crippen MR) is 97.5 cm³/mol. The topological polar surface area (TPSA) is 66.9 Å². The van der Waals surface area contributed by atoms with E-state index in [-0.39, 0.29) is 11.2 Å². The second kappa shape index (κ2) is 8.31. The minimum Gasteiger partial charge on any atom is -0.355 e. The Morgan fingerprint density at radius 1 is 1.30 bits per heavy atom. The molecule has 1 heterocycles. The molecule has 1 atom stereocenters. The SMILES string of the molecule is Cc1cccc(Nc2nnc(S[C@H](C)C(=O)NCC(C)C)s2)c1. The third kappa shape index (κ3) is 5.84. The number of nitrogens with zero attached hydrogens (tertiary/aromatic N) is 2. The number of carbonyl (C=O) groups excluding carboxylic acids is 1. The van der Waals surface area contributed by atoms with Gasteiger partial charge in [-0.2, -0.15) is 0 Å². The maximum Gasteiger partial charge on any atom is 0.233 e. The summed E-state index contributed by atoms with van der Waals surface area (Å²) in [6.07, 6.45) is 0. The third-order valence-electron chi connectivity index (χ3n) is 3.01. The molecule has 1 aromatic carbocycles. The van der Waals surface area contributed by atoms with Crippen LogP contribution >= 0.6 is 23.1 Å². The summed E-state index contributed by atoms with van der Waals surface area (Å²) < 4.78 is 0.785. The normalized spacial score (nSPS) is 12.2. The van der Waals surface area contributed by atoms with Crippen molar-refractivity contribution in [2.45, 2.75) is 37.3 Å². The average molecular weight is 351 g/mol. The maximum absolute atomic E-state index is 12.0. The number of hydrogen-bond donors (Lipinski definition) is 2. The number of thioether (sulfide) groups is 1. The molecule has 1 aromatic heterocycles. The Hall–Kier alpha value is -1.60. The van der Waals surface area contributed by atoms with Crippen LogP contribution in [0.4, 0.5) is 10.8 Å². The number of rotatable bonds is 7. The van der Waals surface area contributed by atoms with Crippen molar-refractivity contribution >= 4 is 39.8 Å². The second-order valence-corrected chi connectivity index (χ2v) is 8.33. The molecule has 0 fully saturated rings. The Kier molecular flexibility index (Phi) is 6.41. The number of amides is 1. The summed E-state index contributed by atoms with van der Waals surface area (Å²) in [6, 6.07) is 8.08. The highest BCUT2D eigenvalue weighted by Gasteiger charge is 2.17. The van der Waals surface area contributed by atoms with Crippen LogP contribution in [0.25, 0.3) is 0 Å². The van der Waals surface area contributed by atoms with Gasteiger partial charge in [0.1, 0.15) is 0 Å². The standard InChI is InChI=1S/C16H22N4OS2/c1-10(2)9-17-14(21)12(4)22-16-20-19-15(23-16)18-13-7-5-6-11(3)8-13/h5-8,10,12H,9H2,1-4H3,(H,17,21)(H,18,19)/t12-/m1/s1. The molecule has 23 heavy (non-hydrogen) atoms. The van der Waals surface area contributed by atoms with Gasteiger partial charge in [-0.25, -0.2) is 0 Å². The molecule has 1 amide bonds. The fourth-order valence-electron chi connectivity index (χ4n) is 1.81. The van der Waals surface area contributed by atoms with Gasteiger partial charge in [0.25, 0.3) is 0 Å². The molecular weight excluding hydrogens is 328 g/mol. The first kappa shape index (κ1) is 17.7. The van der Waals surface area contributed by atoms with Gasteiger partial charge in [-0.3, -0.25) is 4.79 Å². The van der Waals surface area contributed by atoms with Crippen molar-refractivity contribution in [3.8, 4) is 0 Å². The number of carbonyl (C=O) groups is 1. The van der Waals surface area contributed by atoms with Crippen molar-refractivity contribution in [3.63, 3.8) is 0 Å². The van der Waals surface area contributed by atoms with Crippen molar-refractivity contribution in [2.75, 3.05) is 11.9 Å². The van der Waals surface area contributed by atoms with Gasteiger partial charge in [0, 0.05) is 12.2 Å². The van der Waals surface area contributed by atoms with Crippen LogP contribution in [0.3, 0.4) is 0 Å². The Morgan fingerprint density at radius 3 is 2.78 bits per heavy atom. The summed E-state index contributed by atoms with van der Waals surface area (Å²) in [5.74, 6) is 0.481. The Bertz CT molecular complexity index is 657. The second-order valence-electron chi connectivity index (χ2n) is 5.77. The molecule has 0 radical (unpaired) electrons. The molecule has 0 aliphatic heterocycles. The van der Waals surface area contributed by atoms with E-state index in [1.807, 2.05) is 32.0 Å². The van der Waals surface area contributed by atoms with E-state index < -0.39 is 0 Å². The number of aromatic nitrogens is 2. The van der Waals surface area contributed by atoms with E-state index >= 15 is 0 Å². The van der Waals surface area contributed by atoms with Gasteiger partial charge in [0.2, 0.25) is 11.0 Å². The molecule has 124 valence electrons. The number of nitrogens with one attached hydrogen (secondary N) is 2. The quantitative estimate of drug-likeness (QED) is 0.743. The van der Waals surface area contributed by atoms with Crippen LogP contribution in [0.15, 0.2) is 28.6 Å². The Balaban J connectivity index is 1.90. The van der Waals surface area contributed by atoms with Crippen molar-refractivity contribution in [2.24, 2.45) is 5.92 Å². The first-order valence-corrected chi connectivity index (χ1v) is 9.25. The molecule has 0 spiro atoms. The third-order valence-corrected chi connectivity index (χ3v) is 5.03. The highest BCUT2D eigenvalue weighted by atomic mass is 32.2. The number of hydrogen-bond acceptors (Lipinski definition) is 6. The van der Waals surface area contributed by atoms with Crippen LogP contribution in [0.2, 0.25) is 0 Å². The summed E-state index contributed by atoms with van der Waals surface area (Å²) >= 11 is 2.88. The molecule has 2 rings (SSSR count). The highest BCUT2D eigenvalue weighted by molar-refractivity contribution is 8.02. The number of benzene rings is 1. The molecule has 5 nitrogen and oxygen atoms in total. The predicted octanol–water partition coefficient (Wildman–Crippen LogP) is 3.84. The van der Waals surface area contributed by atoms with Gasteiger partial charge in [-0.1, -0.05) is 49.1 Å². The lowest BCUT2D eigenvalue weighted by molar-refractivity contribution is -0.120. The van der Waals surface area contributed by atoms with Crippen LogP contribution in [-0.4, -0.2) is 27.9 Å². The van der Waals surface area contributed by atoms with Crippen LogP contribution in [0, 0.1) is 12.8 Å². The average Bonchev–Trinajstić information content (AvgIpc) is 2.91. The molecule has 0 saturated carbocycles. The minimum absolute atomic E-state index is 0.0343. The van der Waals surface area contributed by atoms with E-state index in [2.05, 4.69) is 40.7 Å². The molecule has 0 bridgehead atoms. The van der Waals surface area contributed by atoms with Gasteiger partial charge in [-0.05, 0) is 37.5 Å². The molecular formula is C16H22N4OS2. The Morgan fingerprint density at radius 2 is 2.09 bits per heavy atom. The van der Waals surface area contributed by atoms with Gasteiger partial charge in [0.05, 0.1) is 5.25 Å². The zero-order valence-corrected chi connectivity index (χ0v) is 15.4. The van der Waals surface area contributed by atoms with Gasteiger partial charge in [-0.15, -0.1) is 10.2 Å². The highest BCUT2D eigenvalue weighted by Crippen LogP contribution is 2.30. The Labute approximate surface area is 145 Å². The van der Waals surface area contributed by atoms with E-state index in [4.69, 9.17) is 0 Å². The van der Waals surface area contributed by atoms with E-state index in [9.17, 15) is 4.79 Å². The largest absolute Gasteiger partial charge is 0.355 e. The van der Waals surface area contributed by atoms with Gasteiger partial charge < -0.3 is 10.6 Å². The van der Waals surface area contributed by atoms with E-state index in [1.165, 1.54) is 28.7 Å². The number of aryl methyl sites for hydroxylation is 1. The molecule has 0 aliphatic carbocycles. The molecule has 2 N–H and O–H groups in total. The smallest absolute Gasteiger partial charge is 0.233 e. The van der Waals surface area contributed by atoms with Crippen LogP contribution in [-0.2, 0) is 4.79 Å². The van der Waals surface area contributed by atoms with Crippen molar-refractivity contribution in [3.05, 3.63) is 29.8 Å². The fourth-order valence-corrected chi connectivity index (χ4v) is 3.75. The minimum atomic E-state index is -0.187. The summed E-state index contributed by atoms with van der Waals surface area (Å²) in [4.78, 5) is 12.0. The lowest BCUT2D eigenvalue weighted by Crippen LogP contribution is -2.33. The number of anilines is 2. The first-order valence-electron chi connectivity index (χ1n) is 7.55. The van der Waals surface area contributed by atoms with E-state index in [0.29, 0.717) is 12.5 Å². The van der Waals surface area contributed by atoms with E-state index in [0.717, 1.165) is 15.2 Å².